The summed E-state index contributed by atoms with van der Waals surface area (Å²) in [5.74, 6) is 0. The number of benzene rings is 8. The molecule has 0 saturated carbocycles. The average Bonchev–Trinajstić information content (AvgIpc) is 3.25. The standard InChI is InChI=1S/C52H42BNSi2/c1-52(2,3)37-34-35-42-49(36-37)56(40-24-12-6-13-25-40,41-26-14-7-15-27-41)47-32-19-30-45-50(47)53(42)43-28-18-33-48-51(43)54(45)44-29-16-17-31-46(44)55(48,38-20-8-4-9-21-38)39-22-10-5-11-23-39/h4-36H,1-3H3. The summed E-state index contributed by atoms with van der Waals surface area (Å²) in [7, 11) is -5.63. The van der Waals surface area contributed by atoms with Gasteiger partial charge in [0, 0.05) is 17.1 Å². The van der Waals surface area contributed by atoms with Gasteiger partial charge in [0.2, 0.25) is 6.71 Å². The van der Waals surface area contributed by atoms with Gasteiger partial charge in [0.15, 0.2) is 16.1 Å². The van der Waals surface area contributed by atoms with E-state index in [0.29, 0.717) is 0 Å². The monoisotopic (exact) mass is 747 g/mol. The molecule has 0 fully saturated rings. The number of para-hydroxylation sites is 2. The highest BCUT2D eigenvalue weighted by Gasteiger charge is 2.56. The number of nitrogens with zero attached hydrogens (tertiary/aromatic N) is 1. The second-order valence-electron chi connectivity index (χ2n) is 16.8. The summed E-state index contributed by atoms with van der Waals surface area (Å²) in [4.78, 5) is 2.68. The normalized spacial score (nSPS) is 15.3. The fourth-order valence-electron chi connectivity index (χ4n) is 10.8. The Hall–Kier alpha value is -5.94. The van der Waals surface area contributed by atoms with Gasteiger partial charge in [-0.15, -0.1) is 0 Å². The largest absolute Gasteiger partial charge is 0.312 e. The van der Waals surface area contributed by atoms with Crippen molar-refractivity contribution in [2.24, 2.45) is 0 Å². The van der Waals surface area contributed by atoms with E-state index in [2.05, 4.69) is 226 Å². The number of hydrogen-bond donors (Lipinski definition) is 0. The Balaban J connectivity index is 1.32. The molecule has 56 heavy (non-hydrogen) atoms. The molecule has 11 rings (SSSR count). The molecule has 0 saturated heterocycles. The summed E-state index contributed by atoms with van der Waals surface area (Å²) in [6.07, 6.45) is 0. The molecule has 0 unspecified atom stereocenters. The van der Waals surface area contributed by atoms with Crippen LogP contribution in [0.15, 0.2) is 200 Å². The van der Waals surface area contributed by atoms with E-state index in [1.54, 1.807) is 0 Å². The van der Waals surface area contributed by atoms with Crippen LogP contribution in [0.1, 0.15) is 26.3 Å². The highest BCUT2D eigenvalue weighted by Crippen LogP contribution is 2.40. The molecule has 4 heteroatoms. The predicted molar refractivity (Wildman–Crippen MR) is 245 cm³/mol. The number of anilines is 3. The van der Waals surface area contributed by atoms with Crippen LogP contribution < -0.4 is 62.8 Å². The smallest absolute Gasteiger partial charge is 0.246 e. The maximum Gasteiger partial charge on any atom is 0.246 e. The molecule has 3 aliphatic heterocycles. The molecule has 0 aliphatic carbocycles. The van der Waals surface area contributed by atoms with E-state index in [1.807, 2.05) is 0 Å². The lowest BCUT2D eigenvalue weighted by Gasteiger charge is -2.52. The van der Waals surface area contributed by atoms with Crippen LogP contribution in [0.25, 0.3) is 0 Å². The molecule has 0 spiro atoms. The van der Waals surface area contributed by atoms with Crippen LogP contribution >= 0.6 is 0 Å². The van der Waals surface area contributed by atoms with Crippen molar-refractivity contribution in [3.8, 4) is 0 Å². The summed E-state index contributed by atoms with van der Waals surface area (Å²) in [6, 6.07) is 77.4. The van der Waals surface area contributed by atoms with E-state index >= 15 is 0 Å². The lowest BCUT2D eigenvalue weighted by molar-refractivity contribution is 0.591. The lowest BCUT2D eigenvalue weighted by atomic mass is 9.34. The molecule has 3 heterocycles. The topological polar surface area (TPSA) is 3.24 Å². The van der Waals surface area contributed by atoms with E-state index in [9.17, 15) is 0 Å². The first kappa shape index (κ1) is 33.4. The Bertz CT molecular complexity index is 2720. The third kappa shape index (κ3) is 4.37. The fraction of sp³-hybridized carbons (Fsp3) is 0.0769. The molecule has 0 atom stereocenters. The zero-order valence-corrected chi connectivity index (χ0v) is 34.1. The minimum Gasteiger partial charge on any atom is -0.312 e. The first-order chi connectivity index (χ1) is 27.4. The van der Waals surface area contributed by atoms with Gasteiger partial charge in [-0.25, -0.2) is 0 Å². The van der Waals surface area contributed by atoms with Crippen LogP contribution in [-0.2, 0) is 5.41 Å². The minimum absolute atomic E-state index is 0.000225. The molecule has 0 radical (unpaired) electrons. The van der Waals surface area contributed by atoms with Gasteiger partial charge < -0.3 is 4.90 Å². The van der Waals surface area contributed by atoms with Crippen molar-refractivity contribution in [1.82, 2.24) is 0 Å². The molecular weight excluding hydrogens is 706 g/mol. The van der Waals surface area contributed by atoms with Gasteiger partial charge in [0.1, 0.15) is 0 Å². The molecule has 8 aromatic rings. The SMILES string of the molecule is CC(C)(C)c1ccc2c(c1)[Si](c1ccccc1)(c1ccccc1)c1cccc3c1B2c1cccc2c1N3c1ccccc1[Si]2(c1ccccc1)c1ccccc1. The van der Waals surface area contributed by atoms with Gasteiger partial charge in [-0.2, -0.15) is 0 Å². The summed E-state index contributed by atoms with van der Waals surface area (Å²) >= 11 is 0. The van der Waals surface area contributed by atoms with Crippen LogP contribution in [0.3, 0.4) is 0 Å². The maximum absolute atomic E-state index is 2.84. The predicted octanol–water partition coefficient (Wildman–Crippen LogP) is 4.67. The average molecular weight is 748 g/mol. The number of hydrogen-bond acceptors (Lipinski definition) is 1. The van der Waals surface area contributed by atoms with Crippen molar-refractivity contribution in [3.63, 3.8) is 0 Å². The van der Waals surface area contributed by atoms with Gasteiger partial charge in [-0.1, -0.05) is 214 Å². The molecular formula is C52H42BNSi2. The molecule has 0 N–H and O–H groups in total. The third-order valence-corrected chi connectivity index (χ3v) is 22.8. The van der Waals surface area contributed by atoms with Crippen LogP contribution in [0, 0.1) is 0 Å². The Labute approximate surface area is 333 Å². The third-order valence-electron chi connectivity index (χ3n) is 13.0. The van der Waals surface area contributed by atoms with Crippen molar-refractivity contribution < 1.29 is 0 Å². The van der Waals surface area contributed by atoms with Crippen molar-refractivity contribution >= 4 is 97.8 Å². The zero-order chi connectivity index (χ0) is 37.6. The van der Waals surface area contributed by atoms with Crippen molar-refractivity contribution in [2.45, 2.75) is 26.2 Å². The maximum atomic E-state index is 2.68. The van der Waals surface area contributed by atoms with Crippen LogP contribution in [0.5, 0.6) is 0 Å². The highest BCUT2D eigenvalue weighted by molar-refractivity contribution is 7.27. The summed E-state index contributed by atoms with van der Waals surface area (Å²) in [5.41, 5.74) is 9.72. The number of fused-ring (bicyclic) bond motifs is 6. The van der Waals surface area contributed by atoms with Gasteiger partial charge in [0.25, 0.3) is 0 Å². The summed E-state index contributed by atoms with van der Waals surface area (Å²) in [6.45, 7) is 7.17. The fourth-order valence-corrected chi connectivity index (χ4v) is 21.2. The first-order valence-corrected chi connectivity index (χ1v) is 24.0. The first-order valence-electron chi connectivity index (χ1n) is 20.0. The van der Waals surface area contributed by atoms with Crippen LogP contribution in [0.4, 0.5) is 17.1 Å². The van der Waals surface area contributed by atoms with Crippen LogP contribution in [0.2, 0.25) is 0 Å². The van der Waals surface area contributed by atoms with E-state index in [0.717, 1.165) is 0 Å². The molecule has 0 aromatic heterocycles. The second kappa shape index (κ2) is 12.3. The van der Waals surface area contributed by atoms with E-state index < -0.39 is 16.1 Å². The Morgan fingerprint density at radius 1 is 0.393 bits per heavy atom. The van der Waals surface area contributed by atoms with Crippen molar-refractivity contribution in [1.29, 1.82) is 0 Å². The van der Waals surface area contributed by atoms with Gasteiger partial charge >= 0.3 is 0 Å². The van der Waals surface area contributed by atoms with E-state index in [-0.39, 0.29) is 12.1 Å². The lowest BCUT2D eigenvalue weighted by Crippen LogP contribution is -2.88. The molecule has 0 amide bonds. The van der Waals surface area contributed by atoms with Crippen molar-refractivity contribution in [2.75, 3.05) is 4.90 Å². The minimum atomic E-state index is -2.84. The Kier molecular flexibility index (Phi) is 7.32. The quantitative estimate of drug-likeness (QED) is 0.237. The molecule has 3 aliphatic rings. The van der Waals surface area contributed by atoms with Gasteiger partial charge in [0.05, 0.1) is 0 Å². The zero-order valence-electron chi connectivity index (χ0n) is 32.1. The van der Waals surface area contributed by atoms with Crippen LogP contribution in [-0.4, -0.2) is 22.9 Å². The van der Waals surface area contributed by atoms with Gasteiger partial charge in [-0.05, 0) is 75.5 Å². The van der Waals surface area contributed by atoms with Crippen molar-refractivity contribution in [3.05, 3.63) is 206 Å². The molecule has 8 aromatic carbocycles. The summed E-state index contributed by atoms with van der Waals surface area (Å²) in [5, 5.41) is 11.6. The van der Waals surface area contributed by atoms with Gasteiger partial charge in [-0.3, -0.25) is 0 Å². The Morgan fingerprint density at radius 2 is 0.857 bits per heavy atom. The molecule has 0 bridgehead atoms. The Morgan fingerprint density at radius 3 is 1.43 bits per heavy atom. The number of rotatable bonds is 4. The van der Waals surface area contributed by atoms with E-state index in [4.69, 9.17) is 0 Å². The van der Waals surface area contributed by atoms with E-state index in [1.165, 1.54) is 80.5 Å². The molecule has 266 valence electrons. The molecule has 1 nitrogen and oxygen atoms in total. The summed E-state index contributed by atoms with van der Waals surface area (Å²) < 4.78 is 0. The second-order valence-corrected chi connectivity index (χ2v) is 24.2. The highest BCUT2D eigenvalue weighted by atomic mass is 28.3.